The van der Waals surface area contributed by atoms with Crippen LogP contribution < -0.4 is 10.1 Å². The van der Waals surface area contributed by atoms with Crippen molar-refractivity contribution in [2.45, 2.75) is 12.2 Å². The second-order valence-corrected chi connectivity index (χ2v) is 3.91. The number of rotatable bonds is 5. The molecule has 1 aromatic carbocycles. The zero-order valence-electron chi connectivity index (χ0n) is 9.35. The van der Waals surface area contributed by atoms with Gasteiger partial charge >= 0.3 is 0 Å². The van der Waals surface area contributed by atoms with Crippen LogP contribution in [0.3, 0.4) is 0 Å². The van der Waals surface area contributed by atoms with Crippen LogP contribution in [0.1, 0.15) is 11.7 Å². The van der Waals surface area contributed by atoms with E-state index in [1.54, 1.807) is 7.11 Å². The van der Waals surface area contributed by atoms with E-state index in [0.717, 1.165) is 24.4 Å². The fourth-order valence-corrected chi connectivity index (χ4v) is 1.55. The molecule has 1 atom stereocenters. The van der Waals surface area contributed by atoms with E-state index in [9.17, 15) is 5.11 Å². The van der Waals surface area contributed by atoms with Crippen LogP contribution in [0.5, 0.6) is 5.75 Å². The van der Waals surface area contributed by atoms with Crippen LogP contribution in [0.15, 0.2) is 24.3 Å². The normalized spacial score (nSPS) is 17.9. The predicted octanol–water partition coefficient (Wildman–Crippen LogP) is 0.717. The van der Waals surface area contributed by atoms with Crippen molar-refractivity contribution in [3.63, 3.8) is 0 Å². The molecule has 1 saturated heterocycles. The first kappa shape index (κ1) is 11.4. The van der Waals surface area contributed by atoms with Gasteiger partial charge in [-0.2, -0.15) is 0 Å². The molecule has 88 valence electrons. The van der Waals surface area contributed by atoms with Gasteiger partial charge in [0.25, 0.3) is 0 Å². The van der Waals surface area contributed by atoms with Crippen LogP contribution in [0, 0.1) is 0 Å². The highest BCUT2D eigenvalue weighted by Gasteiger charge is 2.19. The number of hydrogen-bond acceptors (Lipinski definition) is 4. The lowest BCUT2D eigenvalue weighted by molar-refractivity contribution is -0.0309. The zero-order chi connectivity index (χ0) is 11.4. The van der Waals surface area contributed by atoms with Crippen molar-refractivity contribution in [2.24, 2.45) is 0 Å². The second kappa shape index (κ2) is 5.30. The van der Waals surface area contributed by atoms with E-state index in [1.165, 1.54) is 0 Å². The zero-order valence-corrected chi connectivity index (χ0v) is 9.35. The highest BCUT2D eigenvalue weighted by molar-refractivity contribution is 5.29. The van der Waals surface area contributed by atoms with E-state index in [-0.39, 0.29) is 6.10 Å². The predicted molar refractivity (Wildman–Crippen MR) is 60.6 cm³/mol. The first-order valence-corrected chi connectivity index (χ1v) is 5.44. The molecule has 0 spiro atoms. The van der Waals surface area contributed by atoms with Crippen molar-refractivity contribution in [1.29, 1.82) is 0 Å². The molecule has 0 aliphatic carbocycles. The number of aliphatic hydroxyl groups excluding tert-OH is 1. The topological polar surface area (TPSA) is 50.7 Å². The quantitative estimate of drug-likeness (QED) is 0.772. The van der Waals surface area contributed by atoms with Gasteiger partial charge in [0, 0.05) is 13.1 Å². The molecule has 2 N–H and O–H groups in total. The summed E-state index contributed by atoms with van der Waals surface area (Å²) in [5.74, 6) is 0.752. The average Bonchev–Trinajstić information content (AvgIpc) is 2.27. The molecular weight excluding hydrogens is 206 g/mol. The summed E-state index contributed by atoms with van der Waals surface area (Å²) >= 11 is 0. The summed E-state index contributed by atoms with van der Waals surface area (Å²) in [6.07, 6.45) is -0.337. The summed E-state index contributed by atoms with van der Waals surface area (Å²) in [7, 11) is 1.61. The van der Waals surface area contributed by atoms with Crippen molar-refractivity contribution in [1.82, 2.24) is 5.32 Å². The minimum Gasteiger partial charge on any atom is -0.497 e. The highest BCUT2D eigenvalue weighted by Crippen LogP contribution is 2.19. The monoisotopic (exact) mass is 223 g/mol. The van der Waals surface area contributed by atoms with Crippen molar-refractivity contribution >= 4 is 0 Å². The van der Waals surface area contributed by atoms with Gasteiger partial charge < -0.3 is 19.9 Å². The Bertz CT molecular complexity index is 339. The Kier molecular flexibility index (Phi) is 3.77. The largest absolute Gasteiger partial charge is 0.497 e. The Morgan fingerprint density at radius 3 is 2.94 bits per heavy atom. The SMILES string of the molecule is COc1cccc(C(O)COC2CNC2)c1. The third-order valence-electron chi connectivity index (χ3n) is 2.71. The number of benzene rings is 1. The maximum Gasteiger partial charge on any atom is 0.119 e. The van der Waals surface area contributed by atoms with Crippen molar-refractivity contribution in [2.75, 3.05) is 26.8 Å². The van der Waals surface area contributed by atoms with E-state index < -0.39 is 6.10 Å². The van der Waals surface area contributed by atoms with Crippen LogP contribution >= 0.6 is 0 Å². The lowest BCUT2D eigenvalue weighted by Crippen LogP contribution is -2.48. The summed E-state index contributed by atoms with van der Waals surface area (Å²) in [4.78, 5) is 0. The molecule has 1 aliphatic heterocycles. The summed E-state index contributed by atoms with van der Waals surface area (Å²) < 4.78 is 10.6. The summed E-state index contributed by atoms with van der Waals surface area (Å²) in [5.41, 5.74) is 0.826. The lowest BCUT2D eigenvalue weighted by atomic mass is 10.1. The maximum absolute atomic E-state index is 9.91. The van der Waals surface area contributed by atoms with Crippen molar-refractivity contribution in [3.05, 3.63) is 29.8 Å². The van der Waals surface area contributed by atoms with Crippen LogP contribution in [0.25, 0.3) is 0 Å². The van der Waals surface area contributed by atoms with E-state index in [2.05, 4.69) is 5.32 Å². The van der Waals surface area contributed by atoms with Gasteiger partial charge in [-0.1, -0.05) is 12.1 Å². The molecule has 0 aromatic heterocycles. The number of methoxy groups -OCH3 is 1. The van der Waals surface area contributed by atoms with Gasteiger partial charge in [0.15, 0.2) is 0 Å². The molecule has 1 unspecified atom stereocenters. The van der Waals surface area contributed by atoms with Gasteiger partial charge in [0.05, 0.1) is 19.8 Å². The fraction of sp³-hybridized carbons (Fsp3) is 0.500. The molecule has 1 aromatic rings. The lowest BCUT2D eigenvalue weighted by Gasteiger charge is -2.28. The van der Waals surface area contributed by atoms with E-state index >= 15 is 0 Å². The minimum absolute atomic E-state index is 0.250. The molecule has 0 amide bonds. The molecule has 4 nitrogen and oxygen atoms in total. The second-order valence-electron chi connectivity index (χ2n) is 3.91. The Balaban J connectivity index is 1.88. The Labute approximate surface area is 95.2 Å². The molecule has 16 heavy (non-hydrogen) atoms. The molecule has 1 aliphatic rings. The first-order chi connectivity index (χ1) is 7.79. The number of aliphatic hydroxyl groups is 1. The first-order valence-electron chi connectivity index (χ1n) is 5.44. The third-order valence-corrected chi connectivity index (χ3v) is 2.71. The van der Waals surface area contributed by atoms with Crippen molar-refractivity contribution < 1.29 is 14.6 Å². The molecule has 4 heteroatoms. The molecule has 1 heterocycles. The molecule has 0 radical (unpaired) electrons. The molecule has 0 saturated carbocycles. The third kappa shape index (κ3) is 2.72. The maximum atomic E-state index is 9.91. The summed E-state index contributed by atoms with van der Waals surface area (Å²) in [5, 5.41) is 13.0. The minimum atomic E-state index is -0.587. The molecule has 1 fully saturated rings. The smallest absolute Gasteiger partial charge is 0.119 e. The number of nitrogens with one attached hydrogen (secondary N) is 1. The van der Waals surface area contributed by atoms with E-state index in [1.807, 2.05) is 24.3 Å². The summed E-state index contributed by atoms with van der Waals surface area (Å²) in [6.45, 7) is 2.09. The highest BCUT2D eigenvalue weighted by atomic mass is 16.5. The van der Waals surface area contributed by atoms with Gasteiger partial charge in [0.1, 0.15) is 11.9 Å². The van der Waals surface area contributed by atoms with Gasteiger partial charge in [-0.05, 0) is 17.7 Å². The van der Waals surface area contributed by atoms with Gasteiger partial charge in [-0.25, -0.2) is 0 Å². The van der Waals surface area contributed by atoms with Crippen LogP contribution in [-0.4, -0.2) is 38.0 Å². The average molecular weight is 223 g/mol. The number of ether oxygens (including phenoxy) is 2. The standard InChI is InChI=1S/C12H17NO3/c1-15-10-4-2-3-9(5-10)12(14)8-16-11-6-13-7-11/h2-5,11-14H,6-8H2,1H3. The molecule has 0 bridgehead atoms. The Morgan fingerprint density at radius 2 is 2.31 bits per heavy atom. The Hall–Kier alpha value is -1.10. The van der Waals surface area contributed by atoms with E-state index in [0.29, 0.717) is 6.61 Å². The van der Waals surface area contributed by atoms with Gasteiger partial charge in [-0.15, -0.1) is 0 Å². The summed E-state index contributed by atoms with van der Waals surface area (Å²) in [6, 6.07) is 7.41. The van der Waals surface area contributed by atoms with Crippen LogP contribution in [0.4, 0.5) is 0 Å². The Morgan fingerprint density at radius 1 is 1.50 bits per heavy atom. The van der Waals surface area contributed by atoms with Gasteiger partial charge in [0.2, 0.25) is 0 Å². The number of hydrogen-bond donors (Lipinski definition) is 2. The van der Waals surface area contributed by atoms with Crippen LogP contribution in [0.2, 0.25) is 0 Å². The van der Waals surface area contributed by atoms with Gasteiger partial charge in [-0.3, -0.25) is 0 Å². The van der Waals surface area contributed by atoms with E-state index in [4.69, 9.17) is 9.47 Å². The van der Waals surface area contributed by atoms with Crippen LogP contribution in [-0.2, 0) is 4.74 Å². The molecular formula is C12H17NO3. The molecule has 2 rings (SSSR count). The fourth-order valence-electron chi connectivity index (χ4n) is 1.55. The van der Waals surface area contributed by atoms with Crippen molar-refractivity contribution in [3.8, 4) is 5.75 Å².